The lowest BCUT2D eigenvalue weighted by atomic mass is 10.1. The second kappa shape index (κ2) is 8.15. The number of aliphatic imine (C=N–C) groups is 1. The van der Waals surface area contributed by atoms with Crippen molar-refractivity contribution in [2.45, 2.75) is 20.3 Å². The Morgan fingerprint density at radius 2 is 1.52 bits per heavy atom. The largest absolute Gasteiger partial charge is 0.290 e. The van der Waals surface area contributed by atoms with E-state index in [1.807, 2.05) is 79.7 Å². The van der Waals surface area contributed by atoms with Gasteiger partial charge in [-0.25, -0.2) is 4.68 Å². The smallest absolute Gasteiger partial charge is 0.280 e. The summed E-state index contributed by atoms with van der Waals surface area (Å²) in [7, 11) is 0. The maximum atomic E-state index is 13.3. The second-order valence-corrected chi connectivity index (χ2v) is 6.92. The molecule has 1 aromatic heterocycles. The van der Waals surface area contributed by atoms with E-state index in [1.54, 1.807) is 4.68 Å². The number of rotatable bonds is 5. The number of nitrogens with one attached hydrogen (secondary N) is 1. The molecule has 0 saturated carbocycles. The van der Waals surface area contributed by atoms with Gasteiger partial charge < -0.3 is 0 Å². The van der Waals surface area contributed by atoms with Crippen LogP contribution in [0.2, 0.25) is 0 Å². The van der Waals surface area contributed by atoms with E-state index in [0.29, 0.717) is 11.3 Å². The lowest BCUT2D eigenvalue weighted by Crippen LogP contribution is -2.19. The fraction of sp³-hybridized carbons (Fsp3) is 0.120. The summed E-state index contributed by atoms with van der Waals surface area (Å²) in [5.74, 6) is 0. The van der Waals surface area contributed by atoms with Crippen molar-refractivity contribution < 1.29 is 0 Å². The number of aromatic nitrogens is 2. The van der Waals surface area contributed by atoms with Crippen molar-refractivity contribution in [2.24, 2.45) is 4.99 Å². The van der Waals surface area contributed by atoms with E-state index in [4.69, 9.17) is 4.99 Å². The summed E-state index contributed by atoms with van der Waals surface area (Å²) < 4.78 is 1.58. The van der Waals surface area contributed by atoms with Gasteiger partial charge in [-0.15, -0.1) is 0 Å². The highest BCUT2D eigenvalue weighted by Gasteiger charge is 2.19. The highest BCUT2D eigenvalue weighted by atomic mass is 16.1. The van der Waals surface area contributed by atoms with Gasteiger partial charge in [0, 0.05) is 5.56 Å². The number of para-hydroxylation sites is 1. The highest BCUT2D eigenvalue weighted by Crippen LogP contribution is 2.23. The van der Waals surface area contributed by atoms with E-state index in [0.717, 1.165) is 29.1 Å². The fourth-order valence-corrected chi connectivity index (χ4v) is 3.40. The minimum absolute atomic E-state index is 0.110. The number of benzene rings is 3. The third-order valence-electron chi connectivity index (χ3n) is 4.97. The minimum Gasteiger partial charge on any atom is -0.290 e. The number of nitrogens with zero attached hydrogens (tertiary/aromatic N) is 2. The summed E-state index contributed by atoms with van der Waals surface area (Å²) in [5.41, 5.74) is 5.77. The number of aryl methyl sites for hydroxylation is 1. The second-order valence-electron chi connectivity index (χ2n) is 6.92. The SMILES string of the molecule is CCc1ccc(N=C(C)c2c(-c3ccccc3)[nH]n(-c3ccccc3)c2=O)cc1. The Balaban J connectivity index is 1.87. The van der Waals surface area contributed by atoms with Gasteiger partial charge in [0.2, 0.25) is 0 Å². The Morgan fingerprint density at radius 1 is 0.897 bits per heavy atom. The predicted octanol–water partition coefficient (Wildman–Crippen LogP) is 5.54. The first kappa shape index (κ1) is 18.7. The van der Waals surface area contributed by atoms with Gasteiger partial charge in [-0.05, 0) is 43.2 Å². The van der Waals surface area contributed by atoms with Crippen LogP contribution in [0.1, 0.15) is 25.0 Å². The molecule has 0 radical (unpaired) electrons. The molecule has 4 heteroatoms. The first-order valence-corrected chi connectivity index (χ1v) is 9.78. The van der Waals surface area contributed by atoms with Crippen LogP contribution in [0, 0.1) is 0 Å². The number of hydrogen-bond acceptors (Lipinski definition) is 2. The molecule has 0 saturated heterocycles. The van der Waals surface area contributed by atoms with E-state index >= 15 is 0 Å². The molecule has 0 aliphatic carbocycles. The molecule has 4 nitrogen and oxygen atoms in total. The molecule has 0 amide bonds. The van der Waals surface area contributed by atoms with Gasteiger partial charge in [0.25, 0.3) is 5.56 Å². The third kappa shape index (κ3) is 3.83. The van der Waals surface area contributed by atoms with Gasteiger partial charge in [-0.2, -0.15) is 0 Å². The zero-order valence-electron chi connectivity index (χ0n) is 16.6. The molecular weight excluding hydrogens is 358 g/mol. The number of hydrogen-bond donors (Lipinski definition) is 1. The molecule has 29 heavy (non-hydrogen) atoms. The van der Waals surface area contributed by atoms with Crippen molar-refractivity contribution in [3.05, 3.63) is 106 Å². The Bertz CT molecular complexity index is 1180. The van der Waals surface area contributed by atoms with Crippen LogP contribution in [-0.4, -0.2) is 15.5 Å². The van der Waals surface area contributed by atoms with Crippen LogP contribution in [0.3, 0.4) is 0 Å². The Morgan fingerprint density at radius 3 is 2.14 bits per heavy atom. The maximum Gasteiger partial charge on any atom is 0.280 e. The normalized spacial score (nSPS) is 11.6. The van der Waals surface area contributed by atoms with Crippen molar-refractivity contribution in [3.63, 3.8) is 0 Å². The van der Waals surface area contributed by atoms with Crippen LogP contribution in [0.25, 0.3) is 16.9 Å². The molecule has 3 aromatic carbocycles. The highest BCUT2D eigenvalue weighted by molar-refractivity contribution is 6.04. The quantitative estimate of drug-likeness (QED) is 0.454. The fourth-order valence-electron chi connectivity index (χ4n) is 3.40. The first-order chi connectivity index (χ1) is 14.2. The van der Waals surface area contributed by atoms with E-state index in [9.17, 15) is 4.79 Å². The van der Waals surface area contributed by atoms with Crippen molar-refractivity contribution in [1.82, 2.24) is 9.78 Å². The third-order valence-corrected chi connectivity index (χ3v) is 4.97. The Kier molecular flexibility index (Phi) is 5.25. The Hall–Kier alpha value is -3.66. The topological polar surface area (TPSA) is 50.1 Å². The van der Waals surface area contributed by atoms with Crippen LogP contribution in [0.4, 0.5) is 5.69 Å². The summed E-state index contributed by atoms with van der Waals surface area (Å²) in [5, 5.41) is 3.29. The van der Waals surface area contributed by atoms with E-state index in [-0.39, 0.29) is 5.56 Å². The maximum absolute atomic E-state index is 13.3. The molecule has 1 heterocycles. The summed E-state index contributed by atoms with van der Waals surface area (Å²) in [6, 6.07) is 27.6. The zero-order valence-corrected chi connectivity index (χ0v) is 16.6. The molecule has 0 unspecified atom stereocenters. The lowest BCUT2D eigenvalue weighted by Gasteiger charge is -2.03. The molecule has 4 aromatic rings. The van der Waals surface area contributed by atoms with Crippen LogP contribution in [0.5, 0.6) is 0 Å². The Labute approximate surface area is 170 Å². The van der Waals surface area contributed by atoms with Crippen LogP contribution >= 0.6 is 0 Å². The molecule has 1 N–H and O–H groups in total. The average molecular weight is 381 g/mol. The summed E-state index contributed by atoms with van der Waals surface area (Å²) in [4.78, 5) is 18.1. The summed E-state index contributed by atoms with van der Waals surface area (Å²) >= 11 is 0. The predicted molar refractivity (Wildman–Crippen MR) is 120 cm³/mol. The van der Waals surface area contributed by atoms with Gasteiger partial charge >= 0.3 is 0 Å². The van der Waals surface area contributed by atoms with Crippen molar-refractivity contribution >= 4 is 11.4 Å². The van der Waals surface area contributed by atoms with Crippen molar-refractivity contribution in [3.8, 4) is 16.9 Å². The van der Waals surface area contributed by atoms with E-state index < -0.39 is 0 Å². The average Bonchev–Trinajstić information content (AvgIpc) is 3.13. The standard InChI is InChI=1S/C25H23N3O/c1-3-19-14-16-21(17-15-19)26-18(2)23-24(20-10-6-4-7-11-20)27-28(25(23)29)22-12-8-5-9-13-22/h4-17,27H,3H2,1-2H3. The monoisotopic (exact) mass is 381 g/mol. The van der Waals surface area contributed by atoms with Gasteiger partial charge in [0.1, 0.15) is 0 Å². The zero-order chi connectivity index (χ0) is 20.2. The van der Waals surface area contributed by atoms with Crippen LogP contribution < -0.4 is 5.56 Å². The summed E-state index contributed by atoms with van der Waals surface area (Å²) in [6.45, 7) is 4.02. The molecule has 4 rings (SSSR count). The molecular formula is C25H23N3O. The molecule has 0 fully saturated rings. The first-order valence-electron chi connectivity index (χ1n) is 9.78. The van der Waals surface area contributed by atoms with Crippen LogP contribution in [0.15, 0.2) is 94.7 Å². The van der Waals surface area contributed by atoms with Gasteiger partial charge in [-0.3, -0.25) is 14.9 Å². The van der Waals surface area contributed by atoms with Crippen molar-refractivity contribution in [1.29, 1.82) is 0 Å². The van der Waals surface area contributed by atoms with Gasteiger partial charge in [0.05, 0.1) is 28.3 Å². The molecule has 0 aliphatic rings. The van der Waals surface area contributed by atoms with Gasteiger partial charge in [-0.1, -0.05) is 67.6 Å². The molecule has 0 spiro atoms. The lowest BCUT2D eigenvalue weighted by molar-refractivity contribution is 0.852. The molecule has 144 valence electrons. The van der Waals surface area contributed by atoms with Crippen LogP contribution in [-0.2, 0) is 6.42 Å². The molecule has 0 aliphatic heterocycles. The summed E-state index contributed by atoms with van der Waals surface area (Å²) in [6.07, 6.45) is 0.987. The van der Waals surface area contributed by atoms with Gasteiger partial charge in [0.15, 0.2) is 0 Å². The van der Waals surface area contributed by atoms with E-state index in [1.165, 1.54) is 5.56 Å². The molecule has 0 bridgehead atoms. The number of aromatic amines is 1. The minimum atomic E-state index is -0.110. The number of H-pyrrole nitrogens is 1. The van der Waals surface area contributed by atoms with Crippen molar-refractivity contribution in [2.75, 3.05) is 0 Å². The van der Waals surface area contributed by atoms with E-state index in [2.05, 4.69) is 24.2 Å². The molecule has 0 atom stereocenters.